The zero-order valence-corrected chi connectivity index (χ0v) is 25.3. The Morgan fingerprint density at radius 2 is 0.609 bits per heavy atom. The lowest BCUT2D eigenvalue weighted by molar-refractivity contribution is 1.58. The maximum absolute atomic E-state index is 2.37. The molecular formula is C46H30. The summed E-state index contributed by atoms with van der Waals surface area (Å²) in [6, 6.07) is 66.6. The number of hydrogen-bond donors (Lipinski definition) is 0. The van der Waals surface area contributed by atoms with Crippen molar-refractivity contribution in [3.63, 3.8) is 0 Å². The van der Waals surface area contributed by atoms with Crippen molar-refractivity contribution < 1.29 is 0 Å². The van der Waals surface area contributed by atoms with Crippen LogP contribution in [0.25, 0.3) is 87.6 Å². The third kappa shape index (κ3) is 4.38. The number of benzene rings is 9. The molecule has 0 saturated carbocycles. The third-order valence-electron chi connectivity index (χ3n) is 9.40. The van der Waals surface area contributed by atoms with Crippen molar-refractivity contribution in [3.05, 3.63) is 182 Å². The molecule has 0 aliphatic rings. The molecule has 0 saturated heterocycles. The van der Waals surface area contributed by atoms with Gasteiger partial charge in [0, 0.05) is 0 Å². The summed E-state index contributed by atoms with van der Waals surface area (Å²) in [5, 5.41) is 10.2. The monoisotopic (exact) mass is 582 g/mol. The Morgan fingerprint density at radius 1 is 0.196 bits per heavy atom. The fourth-order valence-corrected chi connectivity index (χ4v) is 7.29. The minimum absolute atomic E-state index is 1.22. The van der Waals surface area contributed by atoms with E-state index in [0.29, 0.717) is 0 Å². The molecule has 0 aliphatic carbocycles. The normalized spacial score (nSPS) is 11.5. The van der Waals surface area contributed by atoms with Crippen LogP contribution >= 0.6 is 0 Å². The Hall–Kier alpha value is -5.98. The van der Waals surface area contributed by atoms with Gasteiger partial charge in [-0.1, -0.05) is 158 Å². The molecule has 0 radical (unpaired) electrons. The van der Waals surface area contributed by atoms with Crippen LogP contribution in [0.5, 0.6) is 0 Å². The van der Waals surface area contributed by atoms with Crippen LogP contribution < -0.4 is 0 Å². The average molecular weight is 583 g/mol. The number of hydrogen-bond acceptors (Lipinski definition) is 0. The van der Waals surface area contributed by atoms with Gasteiger partial charge in [-0.05, 0) is 112 Å². The molecule has 9 aromatic rings. The highest BCUT2D eigenvalue weighted by atomic mass is 14.2. The van der Waals surface area contributed by atoms with E-state index in [4.69, 9.17) is 0 Å². The van der Waals surface area contributed by atoms with E-state index in [0.717, 1.165) is 0 Å². The van der Waals surface area contributed by atoms with Gasteiger partial charge >= 0.3 is 0 Å². The highest BCUT2D eigenvalue weighted by Gasteiger charge is 2.18. The first-order valence-corrected chi connectivity index (χ1v) is 15.9. The van der Waals surface area contributed by atoms with Gasteiger partial charge in [0.25, 0.3) is 0 Å². The molecule has 0 N–H and O–H groups in total. The van der Waals surface area contributed by atoms with E-state index in [1.807, 2.05) is 0 Å². The van der Waals surface area contributed by atoms with Crippen LogP contribution in [-0.2, 0) is 0 Å². The summed E-state index contributed by atoms with van der Waals surface area (Å²) in [5.74, 6) is 0. The molecule has 0 amide bonds. The molecule has 214 valence electrons. The van der Waals surface area contributed by atoms with Gasteiger partial charge in [-0.15, -0.1) is 0 Å². The number of fused-ring (bicyclic) bond motifs is 5. The summed E-state index contributed by atoms with van der Waals surface area (Å²) in [7, 11) is 0. The number of rotatable bonds is 4. The van der Waals surface area contributed by atoms with Crippen molar-refractivity contribution in [2.75, 3.05) is 0 Å². The van der Waals surface area contributed by atoms with Crippen molar-refractivity contribution in [2.24, 2.45) is 0 Å². The quantitative estimate of drug-likeness (QED) is 0.143. The minimum Gasteiger partial charge on any atom is -0.0622 e. The minimum atomic E-state index is 1.22. The van der Waals surface area contributed by atoms with Crippen LogP contribution in [0.4, 0.5) is 0 Å². The first-order valence-electron chi connectivity index (χ1n) is 15.9. The van der Waals surface area contributed by atoms with E-state index in [1.54, 1.807) is 0 Å². The van der Waals surface area contributed by atoms with Crippen LogP contribution in [0.3, 0.4) is 0 Å². The predicted octanol–water partition coefficient (Wildman–Crippen LogP) is 13.0. The van der Waals surface area contributed by atoms with Gasteiger partial charge in [0.05, 0.1) is 0 Å². The van der Waals surface area contributed by atoms with Crippen molar-refractivity contribution in [2.45, 2.75) is 0 Å². The lowest BCUT2D eigenvalue weighted by Crippen LogP contribution is -1.92. The molecule has 9 rings (SSSR count). The fourth-order valence-electron chi connectivity index (χ4n) is 7.29. The lowest BCUT2D eigenvalue weighted by Gasteiger charge is -2.19. The second kappa shape index (κ2) is 10.9. The Morgan fingerprint density at radius 3 is 1.17 bits per heavy atom. The van der Waals surface area contributed by atoms with Gasteiger partial charge in [0.1, 0.15) is 0 Å². The average Bonchev–Trinajstić information content (AvgIpc) is 3.14. The van der Waals surface area contributed by atoms with Gasteiger partial charge < -0.3 is 0 Å². The molecule has 0 unspecified atom stereocenters. The largest absolute Gasteiger partial charge is 0.0622 e. The highest BCUT2D eigenvalue weighted by molar-refractivity contribution is 6.22. The van der Waals surface area contributed by atoms with E-state index in [2.05, 4.69) is 182 Å². The van der Waals surface area contributed by atoms with E-state index in [1.165, 1.54) is 87.6 Å². The molecule has 0 aromatic heterocycles. The highest BCUT2D eigenvalue weighted by Crippen LogP contribution is 2.45. The van der Waals surface area contributed by atoms with Crippen LogP contribution in [0.2, 0.25) is 0 Å². The van der Waals surface area contributed by atoms with Gasteiger partial charge in [-0.2, -0.15) is 0 Å². The summed E-state index contributed by atoms with van der Waals surface area (Å²) in [6.45, 7) is 0. The Labute approximate surface area is 268 Å². The summed E-state index contributed by atoms with van der Waals surface area (Å²) in [6.07, 6.45) is 0. The standard InChI is InChI=1S/C46H30/c1-3-13-31(14-4-1)36-28-37(32-15-5-2-6-16-32)30-38(29-36)46-43-21-11-9-19-41(43)45(42-20-10-12-22-44(42)46)35-25-26-40-34(27-35)24-23-33-17-7-8-18-39(33)40/h1-30H. The molecule has 0 bridgehead atoms. The Kier molecular flexibility index (Phi) is 6.25. The summed E-state index contributed by atoms with van der Waals surface area (Å²) >= 11 is 0. The van der Waals surface area contributed by atoms with E-state index in [-0.39, 0.29) is 0 Å². The molecule has 46 heavy (non-hydrogen) atoms. The summed E-state index contributed by atoms with van der Waals surface area (Å²) < 4.78 is 0. The summed E-state index contributed by atoms with van der Waals surface area (Å²) in [4.78, 5) is 0. The molecule has 0 fully saturated rings. The fraction of sp³-hybridized carbons (Fsp3) is 0. The first-order chi connectivity index (χ1) is 22.8. The molecule has 0 atom stereocenters. The van der Waals surface area contributed by atoms with Gasteiger partial charge in [0.2, 0.25) is 0 Å². The lowest BCUT2D eigenvalue weighted by atomic mass is 9.84. The summed E-state index contributed by atoms with van der Waals surface area (Å²) in [5.41, 5.74) is 9.90. The predicted molar refractivity (Wildman–Crippen MR) is 198 cm³/mol. The maximum Gasteiger partial charge on any atom is -0.00259 e. The second-order valence-corrected chi connectivity index (χ2v) is 12.1. The smallest absolute Gasteiger partial charge is 0.00259 e. The van der Waals surface area contributed by atoms with Crippen molar-refractivity contribution >= 4 is 43.1 Å². The van der Waals surface area contributed by atoms with Crippen molar-refractivity contribution in [1.29, 1.82) is 0 Å². The van der Waals surface area contributed by atoms with Gasteiger partial charge in [-0.25, -0.2) is 0 Å². The van der Waals surface area contributed by atoms with Crippen LogP contribution in [0.15, 0.2) is 182 Å². The second-order valence-electron chi connectivity index (χ2n) is 12.1. The van der Waals surface area contributed by atoms with Crippen LogP contribution in [0, 0.1) is 0 Å². The van der Waals surface area contributed by atoms with E-state index >= 15 is 0 Å². The van der Waals surface area contributed by atoms with Crippen molar-refractivity contribution in [1.82, 2.24) is 0 Å². The SMILES string of the molecule is c1ccc(-c2cc(-c3ccccc3)cc(-c3c4ccccc4c(-c4ccc5c(ccc6ccccc65)c4)c4ccccc34)c2)cc1. The third-order valence-corrected chi connectivity index (χ3v) is 9.40. The van der Waals surface area contributed by atoms with E-state index in [9.17, 15) is 0 Å². The zero-order valence-electron chi connectivity index (χ0n) is 25.3. The van der Waals surface area contributed by atoms with Gasteiger partial charge in [-0.3, -0.25) is 0 Å². The molecule has 0 heterocycles. The topological polar surface area (TPSA) is 0 Å². The Bertz CT molecular complexity index is 2440. The van der Waals surface area contributed by atoms with Crippen molar-refractivity contribution in [3.8, 4) is 44.5 Å². The van der Waals surface area contributed by atoms with Crippen LogP contribution in [0.1, 0.15) is 0 Å². The zero-order chi connectivity index (χ0) is 30.5. The van der Waals surface area contributed by atoms with Gasteiger partial charge in [0.15, 0.2) is 0 Å². The van der Waals surface area contributed by atoms with Crippen LogP contribution in [-0.4, -0.2) is 0 Å². The molecule has 0 aliphatic heterocycles. The molecule has 0 spiro atoms. The molecule has 0 heteroatoms. The molecular weight excluding hydrogens is 553 g/mol. The Balaban J connectivity index is 1.34. The van der Waals surface area contributed by atoms with E-state index < -0.39 is 0 Å². The first kappa shape index (κ1) is 26.4. The molecule has 0 nitrogen and oxygen atoms in total. The molecule has 9 aromatic carbocycles. The maximum atomic E-state index is 2.37.